The third-order valence-corrected chi connectivity index (χ3v) is 4.53. The van der Waals surface area contributed by atoms with Gasteiger partial charge in [0.15, 0.2) is 0 Å². The lowest BCUT2D eigenvalue weighted by atomic mass is 10.1. The number of rotatable bonds is 4. The molecule has 116 valence electrons. The van der Waals surface area contributed by atoms with Gasteiger partial charge in [0.05, 0.1) is 4.92 Å². The van der Waals surface area contributed by atoms with Crippen LogP contribution < -0.4 is 5.32 Å². The maximum Gasteiger partial charge on any atom is 0.339 e. The standard InChI is InChI=1S/C15H9ClN2O4S/c16-8-5-6-11(18(21)22)10(7-8)17-14-13(15(19)20)9-3-1-2-4-12(9)23-14/h1-7,17H,(H,19,20). The zero-order valence-electron chi connectivity index (χ0n) is 11.4. The third-order valence-electron chi connectivity index (χ3n) is 3.21. The van der Waals surface area contributed by atoms with Crippen molar-refractivity contribution in [2.24, 2.45) is 0 Å². The fourth-order valence-corrected chi connectivity index (χ4v) is 3.51. The summed E-state index contributed by atoms with van der Waals surface area (Å²) in [7, 11) is 0. The topological polar surface area (TPSA) is 92.5 Å². The Kier molecular flexibility index (Phi) is 3.89. The summed E-state index contributed by atoms with van der Waals surface area (Å²) in [5.74, 6) is -1.10. The van der Waals surface area contributed by atoms with E-state index >= 15 is 0 Å². The Hall–Kier alpha value is -2.64. The van der Waals surface area contributed by atoms with E-state index < -0.39 is 10.9 Å². The number of nitrogens with one attached hydrogen (secondary N) is 1. The van der Waals surface area contributed by atoms with E-state index in [0.29, 0.717) is 15.4 Å². The minimum absolute atomic E-state index is 0.0832. The maximum absolute atomic E-state index is 11.6. The quantitative estimate of drug-likeness (QED) is 0.516. The number of nitrogens with zero attached hydrogens (tertiary/aromatic N) is 1. The van der Waals surface area contributed by atoms with Gasteiger partial charge in [0, 0.05) is 21.2 Å². The summed E-state index contributed by atoms with van der Waals surface area (Å²) in [5, 5.41) is 24.7. The first-order valence-corrected chi connectivity index (χ1v) is 7.62. The molecule has 0 atom stereocenters. The number of nitro groups is 1. The van der Waals surface area contributed by atoms with Crippen LogP contribution in [-0.2, 0) is 0 Å². The number of carboxylic acid groups (broad SMARTS) is 1. The first kappa shape index (κ1) is 15.3. The molecule has 23 heavy (non-hydrogen) atoms. The lowest BCUT2D eigenvalue weighted by Crippen LogP contribution is -2.01. The number of benzene rings is 2. The maximum atomic E-state index is 11.6. The normalized spacial score (nSPS) is 10.7. The second-order valence-corrected chi connectivity index (χ2v) is 6.14. The minimum Gasteiger partial charge on any atom is -0.478 e. The first-order valence-electron chi connectivity index (χ1n) is 6.43. The summed E-state index contributed by atoms with van der Waals surface area (Å²) in [6.07, 6.45) is 0. The second kappa shape index (κ2) is 5.86. The van der Waals surface area contributed by atoms with Gasteiger partial charge in [0.25, 0.3) is 5.69 Å². The van der Waals surface area contributed by atoms with Crippen LogP contribution in [0.4, 0.5) is 16.4 Å². The molecule has 2 aromatic carbocycles. The van der Waals surface area contributed by atoms with Crippen molar-refractivity contribution in [1.29, 1.82) is 0 Å². The summed E-state index contributed by atoms with van der Waals surface area (Å²) in [6, 6.07) is 11.1. The number of anilines is 2. The van der Waals surface area contributed by atoms with Crippen molar-refractivity contribution in [3.05, 3.63) is 63.2 Å². The highest BCUT2D eigenvalue weighted by Gasteiger charge is 2.21. The average Bonchev–Trinajstić information content (AvgIpc) is 2.84. The molecule has 0 unspecified atom stereocenters. The molecule has 6 nitrogen and oxygen atoms in total. The molecule has 0 aliphatic heterocycles. The van der Waals surface area contributed by atoms with Gasteiger partial charge in [-0.2, -0.15) is 0 Å². The highest BCUT2D eigenvalue weighted by Crippen LogP contribution is 2.39. The van der Waals surface area contributed by atoms with Gasteiger partial charge < -0.3 is 10.4 Å². The van der Waals surface area contributed by atoms with E-state index in [1.54, 1.807) is 24.3 Å². The van der Waals surface area contributed by atoms with Crippen LogP contribution in [0.15, 0.2) is 42.5 Å². The Balaban J connectivity index is 2.16. The molecule has 0 fully saturated rings. The highest BCUT2D eigenvalue weighted by molar-refractivity contribution is 7.23. The summed E-state index contributed by atoms with van der Waals surface area (Å²) in [5.41, 5.74) is 0.0552. The van der Waals surface area contributed by atoms with Gasteiger partial charge >= 0.3 is 5.97 Å². The van der Waals surface area contributed by atoms with Crippen molar-refractivity contribution in [2.45, 2.75) is 0 Å². The van der Waals surface area contributed by atoms with E-state index in [9.17, 15) is 20.0 Å². The molecule has 3 rings (SSSR count). The Morgan fingerprint density at radius 2 is 2.00 bits per heavy atom. The van der Waals surface area contributed by atoms with Crippen LogP contribution in [-0.4, -0.2) is 16.0 Å². The van der Waals surface area contributed by atoms with Gasteiger partial charge in [-0.25, -0.2) is 4.79 Å². The SMILES string of the molecule is O=C(O)c1c(Nc2cc(Cl)ccc2[N+](=O)[O-])sc2ccccc12. The molecule has 0 aliphatic carbocycles. The van der Waals surface area contributed by atoms with E-state index in [0.717, 1.165) is 4.70 Å². The van der Waals surface area contributed by atoms with Crippen LogP contribution in [0, 0.1) is 10.1 Å². The van der Waals surface area contributed by atoms with Crippen molar-refractivity contribution in [1.82, 2.24) is 0 Å². The van der Waals surface area contributed by atoms with E-state index in [-0.39, 0.29) is 16.9 Å². The van der Waals surface area contributed by atoms with Crippen molar-refractivity contribution in [2.75, 3.05) is 5.32 Å². The van der Waals surface area contributed by atoms with Crippen LogP contribution in [0.5, 0.6) is 0 Å². The molecule has 1 aromatic heterocycles. The van der Waals surface area contributed by atoms with Gasteiger partial charge in [-0.3, -0.25) is 10.1 Å². The number of hydrogen-bond acceptors (Lipinski definition) is 5. The number of fused-ring (bicyclic) bond motifs is 1. The van der Waals surface area contributed by atoms with Crippen molar-refractivity contribution < 1.29 is 14.8 Å². The Morgan fingerprint density at radius 3 is 2.70 bits per heavy atom. The van der Waals surface area contributed by atoms with Crippen LogP contribution >= 0.6 is 22.9 Å². The first-order chi connectivity index (χ1) is 11.0. The van der Waals surface area contributed by atoms with Crippen molar-refractivity contribution >= 4 is 55.4 Å². The number of halogens is 1. The zero-order chi connectivity index (χ0) is 16.6. The predicted octanol–water partition coefficient (Wildman–Crippen LogP) is 4.90. The van der Waals surface area contributed by atoms with Gasteiger partial charge in [-0.05, 0) is 18.2 Å². The molecular weight excluding hydrogens is 340 g/mol. The van der Waals surface area contributed by atoms with Crippen LogP contribution in [0.2, 0.25) is 5.02 Å². The predicted molar refractivity (Wildman–Crippen MR) is 90.2 cm³/mol. The van der Waals surface area contributed by atoms with E-state index in [2.05, 4.69) is 5.32 Å². The Morgan fingerprint density at radius 1 is 1.26 bits per heavy atom. The number of thiophene rings is 1. The molecular formula is C15H9ClN2O4S. The third kappa shape index (κ3) is 2.84. The second-order valence-electron chi connectivity index (χ2n) is 4.65. The van der Waals surface area contributed by atoms with Crippen LogP contribution in [0.25, 0.3) is 10.1 Å². The molecule has 1 heterocycles. The molecule has 3 aromatic rings. The lowest BCUT2D eigenvalue weighted by Gasteiger charge is -2.06. The summed E-state index contributed by atoms with van der Waals surface area (Å²) >= 11 is 7.11. The van der Waals surface area contributed by atoms with E-state index in [4.69, 9.17) is 11.6 Å². The Bertz CT molecular complexity index is 938. The molecule has 0 spiro atoms. The number of carbonyl (C=O) groups is 1. The van der Waals surface area contributed by atoms with Crippen molar-refractivity contribution in [3.8, 4) is 0 Å². The van der Waals surface area contributed by atoms with E-state index in [1.807, 2.05) is 0 Å². The van der Waals surface area contributed by atoms with Gasteiger partial charge in [-0.1, -0.05) is 29.8 Å². The minimum atomic E-state index is -1.10. The monoisotopic (exact) mass is 348 g/mol. The Labute approximate surface area is 139 Å². The highest BCUT2D eigenvalue weighted by atomic mass is 35.5. The molecule has 0 radical (unpaired) electrons. The lowest BCUT2D eigenvalue weighted by molar-refractivity contribution is -0.383. The number of carboxylic acids is 1. The summed E-state index contributed by atoms with van der Waals surface area (Å²) in [6.45, 7) is 0. The fraction of sp³-hybridized carbons (Fsp3) is 0. The summed E-state index contributed by atoms with van der Waals surface area (Å²) in [4.78, 5) is 22.2. The fourth-order valence-electron chi connectivity index (χ4n) is 2.24. The van der Waals surface area contributed by atoms with Gasteiger partial charge in [0.1, 0.15) is 16.3 Å². The number of hydrogen-bond donors (Lipinski definition) is 2. The van der Waals surface area contributed by atoms with Crippen LogP contribution in [0.1, 0.15) is 10.4 Å². The van der Waals surface area contributed by atoms with Crippen LogP contribution in [0.3, 0.4) is 0 Å². The largest absolute Gasteiger partial charge is 0.478 e. The molecule has 0 aliphatic rings. The molecule has 8 heteroatoms. The number of nitro benzene ring substituents is 1. The van der Waals surface area contributed by atoms with Gasteiger partial charge in [-0.15, -0.1) is 11.3 Å². The summed E-state index contributed by atoms with van der Waals surface area (Å²) < 4.78 is 0.775. The smallest absolute Gasteiger partial charge is 0.339 e. The van der Waals surface area contributed by atoms with E-state index in [1.165, 1.54) is 29.5 Å². The molecule has 0 saturated heterocycles. The van der Waals surface area contributed by atoms with Gasteiger partial charge in [0.2, 0.25) is 0 Å². The zero-order valence-corrected chi connectivity index (χ0v) is 13.0. The molecule has 2 N–H and O–H groups in total. The average molecular weight is 349 g/mol. The molecule has 0 saturated carbocycles. The number of aromatic carboxylic acids is 1. The molecule has 0 bridgehead atoms. The van der Waals surface area contributed by atoms with Crippen molar-refractivity contribution in [3.63, 3.8) is 0 Å². The molecule has 0 amide bonds.